The van der Waals surface area contributed by atoms with Gasteiger partial charge in [-0.15, -0.1) is 0 Å². The van der Waals surface area contributed by atoms with Gasteiger partial charge in [0.2, 0.25) is 0 Å². The number of anilines is 1. The number of hydrogen-bond donors (Lipinski definition) is 2. The van der Waals surface area contributed by atoms with Crippen LogP contribution in [0.25, 0.3) is 0 Å². The summed E-state index contributed by atoms with van der Waals surface area (Å²) in [6.07, 6.45) is 0. The molecule has 0 radical (unpaired) electrons. The highest BCUT2D eigenvalue weighted by molar-refractivity contribution is 5.99. The normalized spacial score (nSPS) is 12.4. The third-order valence-electron chi connectivity index (χ3n) is 3.39. The molecule has 0 spiro atoms. The molecule has 0 saturated heterocycles. The molecule has 0 saturated carbocycles. The van der Waals surface area contributed by atoms with Crippen LogP contribution in [0.3, 0.4) is 0 Å². The van der Waals surface area contributed by atoms with E-state index in [0.29, 0.717) is 0 Å². The highest BCUT2D eigenvalue weighted by atomic mass is 16.5. The summed E-state index contributed by atoms with van der Waals surface area (Å²) >= 11 is 0. The van der Waals surface area contributed by atoms with E-state index >= 15 is 0 Å². The van der Waals surface area contributed by atoms with E-state index in [1.807, 2.05) is 61.5 Å². The van der Waals surface area contributed by atoms with Crippen molar-refractivity contribution in [3.8, 4) is 5.75 Å². The Balaban J connectivity index is 1.91. The molecule has 120 valence electrons. The number of carbonyl (C=O) groups is 1. The molecule has 5 nitrogen and oxygen atoms in total. The number of rotatable bonds is 6. The molecule has 5 heteroatoms. The maximum absolute atomic E-state index is 12.1. The smallest absolute Gasteiger partial charge is 0.262 e. The first-order valence-corrected chi connectivity index (χ1v) is 7.40. The van der Waals surface area contributed by atoms with Crippen LogP contribution in [0.15, 0.2) is 59.7 Å². The Morgan fingerprint density at radius 3 is 2.35 bits per heavy atom. The summed E-state index contributed by atoms with van der Waals surface area (Å²) in [5.41, 5.74) is 5.17. The van der Waals surface area contributed by atoms with E-state index in [1.54, 1.807) is 14.0 Å². The number of ether oxygens (including phenoxy) is 1. The van der Waals surface area contributed by atoms with Crippen LogP contribution in [0, 0.1) is 0 Å². The largest absolute Gasteiger partial charge is 0.497 e. The van der Waals surface area contributed by atoms with Crippen LogP contribution in [0.4, 0.5) is 5.69 Å². The highest BCUT2D eigenvalue weighted by Gasteiger charge is 2.12. The Kier molecular flexibility index (Phi) is 5.74. The molecular formula is C18H21N3O2. The number of methoxy groups -OCH3 is 1. The van der Waals surface area contributed by atoms with Gasteiger partial charge in [-0.1, -0.05) is 30.3 Å². The van der Waals surface area contributed by atoms with Gasteiger partial charge in [-0.3, -0.25) is 4.79 Å². The first kappa shape index (κ1) is 16.5. The first-order chi connectivity index (χ1) is 11.1. The SMILES string of the molecule is COc1ccc(N[C@H](C)C(=O)N/N=C(\C)c2ccccc2)cc1. The average molecular weight is 311 g/mol. The number of benzene rings is 2. The molecule has 2 N–H and O–H groups in total. The highest BCUT2D eigenvalue weighted by Crippen LogP contribution is 2.15. The number of carbonyl (C=O) groups excluding carboxylic acids is 1. The van der Waals surface area contributed by atoms with Crippen molar-refractivity contribution in [1.82, 2.24) is 5.43 Å². The fraction of sp³-hybridized carbons (Fsp3) is 0.222. The lowest BCUT2D eigenvalue weighted by atomic mass is 10.1. The van der Waals surface area contributed by atoms with Crippen molar-refractivity contribution in [3.63, 3.8) is 0 Å². The molecule has 1 amide bonds. The second-order valence-electron chi connectivity index (χ2n) is 5.13. The molecule has 23 heavy (non-hydrogen) atoms. The zero-order valence-corrected chi connectivity index (χ0v) is 13.5. The zero-order chi connectivity index (χ0) is 16.7. The minimum Gasteiger partial charge on any atom is -0.497 e. The van der Waals surface area contributed by atoms with Gasteiger partial charge >= 0.3 is 0 Å². The maximum atomic E-state index is 12.1. The summed E-state index contributed by atoms with van der Waals surface area (Å²) in [6.45, 7) is 3.64. The number of nitrogens with one attached hydrogen (secondary N) is 2. The Hall–Kier alpha value is -2.82. The molecule has 0 fully saturated rings. The summed E-state index contributed by atoms with van der Waals surface area (Å²) in [5.74, 6) is 0.576. The second kappa shape index (κ2) is 7.98. The molecule has 2 rings (SSSR count). The fourth-order valence-electron chi connectivity index (χ4n) is 1.98. The third-order valence-corrected chi connectivity index (χ3v) is 3.39. The summed E-state index contributed by atoms with van der Waals surface area (Å²) in [4.78, 5) is 12.1. The molecule has 2 aromatic rings. The van der Waals surface area contributed by atoms with Gasteiger partial charge in [-0.05, 0) is 43.7 Å². The summed E-state index contributed by atoms with van der Waals surface area (Å²) in [7, 11) is 1.62. The Morgan fingerprint density at radius 2 is 1.74 bits per heavy atom. The van der Waals surface area contributed by atoms with Gasteiger partial charge in [0, 0.05) is 5.69 Å². The van der Waals surface area contributed by atoms with Crippen LogP contribution >= 0.6 is 0 Å². The minimum absolute atomic E-state index is 0.198. The molecule has 0 heterocycles. The standard InChI is InChI=1S/C18H21N3O2/c1-13(15-7-5-4-6-8-15)20-21-18(22)14(2)19-16-9-11-17(23-3)12-10-16/h4-12,14,19H,1-3H3,(H,21,22)/b20-13+/t14-/m1/s1. The minimum atomic E-state index is -0.407. The van der Waals surface area contributed by atoms with Crippen LogP contribution in [-0.2, 0) is 4.79 Å². The van der Waals surface area contributed by atoms with Crippen LogP contribution in [0.1, 0.15) is 19.4 Å². The van der Waals surface area contributed by atoms with Gasteiger partial charge in [-0.2, -0.15) is 5.10 Å². The van der Waals surface area contributed by atoms with Crippen molar-refractivity contribution in [1.29, 1.82) is 0 Å². The summed E-state index contributed by atoms with van der Waals surface area (Å²) < 4.78 is 5.10. The quantitative estimate of drug-likeness (QED) is 0.637. The Bertz CT molecular complexity index is 666. The van der Waals surface area contributed by atoms with Gasteiger partial charge in [0.25, 0.3) is 5.91 Å². The van der Waals surface area contributed by atoms with Crippen molar-refractivity contribution in [2.75, 3.05) is 12.4 Å². The van der Waals surface area contributed by atoms with Gasteiger partial charge in [0.1, 0.15) is 11.8 Å². The lowest BCUT2D eigenvalue weighted by Crippen LogP contribution is -2.35. The van der Waals surface area contributed by atoms with E-state index in [-0.39, 0.29) is 5.91 Å². The predicted octanol–water partition coefficient (Wildman–Crippen LogP) is 3.04. The fourth-order valence-corrected chi connectivity index (χ4v) is 1.98. The van der Waals surface area contributed by atoms with Crippen LogP contribution in [0.2, 0.25) is 0 Å². The molecule has 0 aliphatic heterocycles. The lowest BCUT2D eigenvalue weighted by molar-refractivity contribution is -0.121. The number of hydrazone groups is 1. The summed E-state index contributed by atoms with van der Waals surface area (Å²) in [6, 6.07) is 16.7. The average Bonchev–Trinajstić information content (AvgIpc) is 2.60. The lowest BCUT2D eigenvalue weighted by Gasteiger charge is -2.14. The van der Waals surface area contributed by atoms with Crippen LogP contribution < -0.4 is 15.5 Å². The molecule has 0 unspecified atom stereocenters. The summed E-state index contributed by atoms with van der Waals surface area (Å²) in [5, 5.41) is 7.26. The van der Waals surface area contributed by atoms with Crippen molar-refractivity contribution < 1.29 is 9.53 Å². The van der Waals surface area contributed by atoms with Crippen molar-refractivity contribution in [3.05, 3.63) is 60.2 Å². The first-order valence-electron chi connectivity index (χ1n) is 7.40. The molecule has 0 aromatic heterocycles. The second-order valence-corrected chi connectivity index (χ2v) is 5.13. The number of nitrogens with zero attached hydrogens (tertiary/aromatic N) is 1. The monoisotopic (exact) mass is 311 g/mol. The number of hydrogen-bond acceptors (Lipinski definition) is 4. The van der Waals surface area contributed by atoms with Crippen molar-refractivity contribution >= 4 is 17.3 Å². The maximum Gasteiger partial charge on any atom is 0.262 e. The molecule has 0 aliphatic rings. The van der Waals surface area contributed by atoms with Gasteiger partial charge in [-0.25, -0.2) is 5.43 Å². The Labute approximate surface area is 136 Å². The zero-order valence-electron chi connectivity index (χ0n) is 13.5. The van der Waals surface area contributed by atoms with Gasteiger partial charge in [0.05, 0.1) is 12.8 Å². The predicted molar refractivity (Wildman–Crippen MR) is 92.9 cm³/mol. The van der Waals surface area contributed by atoms with E-state index in [9.17, 15) is 4.79 Å². The molecular weight excluding hydrogens is 290 g/mol. The Morgan fingerprint density at radius 1 is 1.09 bits per heavy atom. The number of amides is 1. The van der Waals surface area contributed by atoms with E-state index in [2.05, 4.69) is 15.8 Å². The van der Waals surface area contributed by atoms with Gasteiger partial charge < -0.3 is 10.1 Å². The van der Waals surface area contributed by atoms with E-state index in [4.69, 9.17) is 4.74 Å². The molecule has 0 bridgehead atoms. The molecule has 0 aliphatic carbocycles. The van der Waals surface area contributed by atoms with Crippen molar-refractivity contribution in [2.45, 2.75) is 19.9 Å². The van der Waals surface area contributed by atoms with Crippen LogP contribution in [0.5, 0.6) is 5.75 Å². The van der Waals surface area contributed by atoms with Gasteiger partial charge in [0.15, 0.2) is 0 Å². The van der Waals surface area contributed by atoms with E-state index < -0.39 is 6.04 Å². The topological polar surface area (TPSA) is 62.7 Å². The van der Waals surface area contributed by atoms with E-state index in [1.165, 1.54) is 0 Å². The van der Waals surface area contributed by atoms with Crippen LogP contribution in [-0.4, -0.2) is 24.8 Å². The van der Waals surface area contributed by atoms with Crippen molar-refractivity contribution in [2.24, 2.45) is 5.10 Å². The molecule has 1 atom stereocenters. The van der Waals surface area contributed by atoms with E-state index in [0.717, 1.165) is 22.7 Å². The third kappa shape index (κ3) is 4.85. The molecule has 2 aromatic carbocycles.